The standard InChI is InChI=1S/C15H11ClF3NO3S/c1-20(12-4-2-3-11(16)9-12)14(21)10-5-7-13(8-6-10)24(22,23)15(17,18)19/h2-9H,1H3. The fourth-order valence-corrected chi connectivity index (χ4v) is 2.85. The Morgan fingerprint density at radius 1 is 1.08 bits per heavy atom. The molecule has 0 radical (unpaired) electrons. The highest BCUT2D eigenvalue weighted by atomic mass is 35.5. The van der Waals surface area contributed by atoms with E-state index < -0.39 is 26.1 Å². The molecule has 2 aromatic rings. The van der Waals surface area contributed by atoms with E-state index in [4.69, 9.17) is 11.6 Å². The third-order valence-electron chi connectivity index (χ3n) is 3.22. The zero-order chi connectivity index (χ0) is 18.1. The summed E-state index contributed by atoms with van der Waals surface area (Å²) in [4.78, 5) is 12.7. The van der Waals surface area contributed by atoms with E-state index in [0.29, 0.717) is 10.7 Å². The van der Waals surface area contributed by atoms with Crippen molar-refractivity contribution < 1.29 is 26.4 Å². The zero-order valence-electron chi connectivity index (χ0n) is 12.2. The van der Waals surface area contributed by atoms with Crippen molar-refractivity contribution >= 4 is 33.0 Å². The van der Waals surface area contributed by atoms with Crippen LogP contribution < -0.4 is 4.90 Å². The molecule has 0 N–H and O–H groups in total. The number of sulfone groups is 1. The fourth-order valence-electron chi connectivity index (χ4n) is 1.91. The lowest BCUT2D eigenvalue weighted by atomic mass is 10.2. The van der Waals surface area contributed by atoms with Gasteiger partial charge in [-0.05, 0) is 42.5 Å². The van der Waals surface area contributed by atoms with Crippen LogP contribution in [0, 0.1) is 0 Å². The molecule has 2 aromatic carbocycles. The Morgan fingerprint density at radius 3 is 2.17 bits per heavy atom. The highest BCUT2D eigenvalue weighted by molar-refractivity contribution is 7.92. The average Bonchev–Trinajstić information content (AvgIpc) is 2.52. The Balaban J connectivity index is 2.30. The van der Waals surface area contributed by atoms with Crippen molar-refractivity contribution in [3.63, 3.8) is 0 Å². The first-order valence-corrected chi connectivity index (χ1v) is 8.35. The summed E-state index contributed by atoms with van der Waals surface area (Å²) in [5, 5.41) is 0.416. The number of carbonyl (C=O) groups is 1. The van der Waals surface area contributed by atoms with Crippen molar-refractivity contribution in [3.8, 4) is 0 Å². The zero-order valence-corrected chi connectivity index (χ0v) is 13.8. The third kappa shape index (κ3) is 3.54. The summed E-state index contributed by atoms with van der Waals surface area (Å²) in [5.41, 5.74) is -4.87. The minimum absolute atomic E-state index is 0.0404. The maximum Gasteiger partial charge on any atom is 0.501 e. The minimum atomic E-state index is -5.44. The Labute approximate surface area is 141 Å². The van der Waals surface area contributed by atoms with Crippen LogP contribution in [0.3, 0.4) is 0 Å². The molecular weight excluding hydrogens is 367 g/mol. The van der Waals surface area contributed by atoms with Gasteiger partial charge >= 0.3 is 5.51 Å². The molecule has 2 rings (SSSR count). The van der Waals surface area contributed by atoms with E-state index in [9.17, 15) is 26.4 Å². The van der Waals surface area contributed by atoms with E-state index in [2.05, 4.69) is 0 Å². The van der Waals surface area contributed by atoms with Crippen LogP contribution in [0.25, 0.3) is 0 Å². The van der Waals surface area contributed by atoms with Gasteiger partial charge in [-0.2, -0.15) is 13.2 Å². The van der Waals surface area contributed by atoms with E-state index in [1.807, 2.05) is 0 Å². The SMILES string of the molecule is CN(C(=O)c1ccc(S(=O)(=O)C(F)(F)F)cc1)c1cccc(Cl)c1. The third-order valence-corrected chi connectivity index (χ3v) is 4.95. The van der Waals surface area contributed by atoms with Gasteiger partial charge < -0.3 is 4.90 Å². The highest BCUT2D eigenvalue weighted by Crippen LogP contribution is 2.30. The molecule has 128 valence electrons. The molecule has 0 aromatic heterocycles. The number of carbonyl (C=O) groups excluding carboxylic acids is 1. The molecule has 24 heavy (non-hydrogen) atoms. The minimum Gasteiger partial charge on any atom is -0.311 e. The second-order valence-electron chi connectivity index (χ2n) is 4.82. The lowest BCUT2D eigenvalue weighted by molar-refractivity contribution is -0.0436. The molecule has 0 fully saturated rings. The van der Waals surface area contributed by atoms with Crippen molar-refractivity contribution in [2.75, 3.05) is 11.9 Å². The van der Waals surface area contributed by atoms with E-state index in [1.54, 1.807) is 24.3 Å². The molecule has 4 nitrogen and oxygen atoms in total. The number of halogens is 4. The van der Waals surface area contributed by atoms with E-state index >= 15 is 0 Å². The Morgan fingerprint density at radius 2 is 1.67 bits per heavy atom. The topological polar surface area (TPSA) is 54.5 Å². The van der Waals surface area contributed by atoms with Crippen LogP contribution in [-0.4, -0.2) is 26.9 Å². The van der Waals surface area contributed by atoms with Gasteiger partial charge in [0.05, 0.1) is 4.90 Å². The normalized spacial score (nSPS) is 12.0. The Bertz CT molecular complexity index is 864. The van der Waals surface area contributed by atoms with E-state index in [-0.39, 0.29) is 5.56 Å². The number of nitrogens with zero attached hydrogens (tertiary/aromatic N) is 1. The Kier molecular flexibility index (Phi) is 4.91. The van der Waals surface area contributed by atoms with E-state index in [0.717, 1.165) is 24.3 Å². The summed E-state index contributed by atoms with van der Waals surface area (Å²) < 4.78 is 60.1. The Hall–Kier alpha value is -2.06. The largest absolute Gasteiger partial charge is 0.501 e. The number of rotatable bonds is 3. The number of benzene rings is 2. The smallest absolute Gasteiger partial charge is 0.311 e. The number of anilines is 1. The highest BCUT2D eigenvalue weighted by Gasteiger charge is 2.46. The van der Waals surface area contributed by atoms with Gasteiger partial charge in [-0.1, -0.05) is 17.7 Å². The summed E-state index contributed by atoms with van der Waals surface area (Å²) in [5.74, 6) is -0.520. The molecule has 1 amide bonds. The molecule has 0 aliphatic heterocycles. The first-order chi connectivity index (χ1) is 11.0. The maximum atomic E-state index is 12.5. The van der Waals surface area contributed by atoms with Crippen LogP contribution in [0.1, 0.15) is 10.4 Å². The van der Waals surface area contributed by atoms with Crippen LogP contribution in [0.2, 0.25) is 5.02 Å². The molecule has 0 spiro atoms. The molecule has 0 unspecified atom stereocenters. The van der Waals surface area contributed by atoms with Crippen molar-refractivity contribution in [2.24, 2.45) is 0 Å². The van der Waals surface area contributed by atoms with Crippen LogP contribution in [0.15, 0.2) is 53.4 Å². The van der Waals surface area contributed by atoms with Crippen molar-refractivity contribution in [2.45, 2.75) is 10.4 Å². The molecule has 0 atom stereocenters. The van der Waals surface area contributed by atoms with Crippen molar-refractivity contribution in [1.29, 1.82) is 0 Å². The number of amides is 1. The van der Waals surface area contributed by atoms with Gasteiger partial charge in [0.25, 0.3) is 15.7 Å². The lowest BCUT2D eigenvalue weighted by Gasteiger charge is -2.18. The first-order valence-electron chi connectivity index (χ1n) is 6.49. The summed E-state index contributed by atoms with van der Waals surface area (Å²) >= 11 is 5.84. The fraction of sp³-hybridized carbons (Fsp3) is 0.133. The predicted molar refractivity (Wildman–Crippen MR) is 83.9 cm³/mol. The number of alkyl halides is 3. The van der Waals surface area contributed by atoms with Gasteiger partial charge in [-0.25, -0.2) is 8.42 Å². The molecule has 0 saturated carbocycles. The van der Waals surface area contributed by atoms with Crippen LogP contribution >= 0.6 is 11.6 Å². The van der Waals surface area contributed by atoms with Gasteiger partial charge in [-0.15, -0.1) is 0 Å². The summed E-state index contributed by atoms with van der Waals surface area (Å²) in [6.45, 7) is 0. The predicted octanol–water partition coefficient (Wildman–Crippen LogP) is 3.91. The molecule has 0 aliphatic rings. The number of hydrogen-bond acceptors (Lipinski definition) is 3. The van der Waals surface area contributed by atoms with Crippen LogP contribution in [0.5, 0.6) is 0 Å². The van der Waals surface area contributed by atoms with Crippen LogP contribution in [0.4, 0.5) is 18.9 Å². The van der Waals surface area contributed by atoms with Gasteiger partial charge in [0.1, 0.15) is 0 Å². The van der Waals surface area contributed by atoms with Gasteiger partial charge in [0.15, 0.2) is 0 Å². The van der Waals surface area contributed by atoms with Crippen LogP contribution in [-0.2, 0) is 9.84 Å². The van der Waals surface area contributed by atoms with Crippen molar-refractivity contribution in [3.05, 3.63) is 59.1 Å². The number of hydrogen-bond donors (Lipinski definition) is 0. The van der Waals surface area contributed by atoms with Gasteiger partial charge in [0, 0.05) is 23.3 Å². The molecule has 0 bridgehead atoms. The molecule has 0 heterocycles. The summed E-state index contributed by atoms with van der Waals surface area (Å²) in [7, 11) is -3.97. The van der Waals surface area contributed by atoms with Gasteiger partial charge in [0.2, 0.25) is 0 Å². The second-order valence-corrected chi connectivity index (χ2v) is 7.20. The molecule has 0 aliphatic carbocycles. The average molecular weight is 378 g/mol. The second kappa shape index (κ2) is 6.45. The van der Waals surface area contributed by atoms with Gasteiger partial charge in [-0.3, -0.25) is 4.79 Å². The lowest BCUT2D eigenvalue weighted by Crippen LogP contribution is -2.26. The summed E-state index contributed by atoms with van der Waals surface area (Å²) in [6.07, 6.45) is 0. The van der Waals surface area contributed by atoms with Crippen molar-refractivity contribution in [1.82, 2.24) is 0 Å². The first kappa shape index (κ1) is 18.3. The quantitative estimate of drug-likeness (QED) is 0.815. The molecular formula is C15H11ClF3NO3S. The maximum absolute atomic E-state index is 12.5. The molecule has 0 saturated heterocycles. The monoisotopic (exact) mass is 377 g/mol. The summed E-state index contributed by atoms with van der Waals surface area (Å²) in [6, 6.07) is 10.0. The van der Waals surface area contributed by atoms with E-state index in [1.165, 1.54) is 11.9 Å². The molecule has 9 heteroatoms.